The Morgan fingerprint density at radius 2 is 2.44 bits per heavy atom. The van der Waals surface area contributed by atoms with E-state index < -0.39 is 6.10 Å². The second-order valence-electron chi connectivity index (χ2n) is 4.50. The van der Waals surface area contributed by atoms with E-state index in [-0.39, 0.29) is 50.5 Å². The number of aromatic nitrogens is 1. The smallest absolute Gasteiger partial charge is 0.228 e. The number of nitrogens with zero attached hydrogens (tertiary/aromatic N) is 2. The molecule has 3 nitrogen and oxygen atoms in total. The van der Waals surface area contributed by atoms with E-state index in [4.69, 9.17) is 14.4 Å². The van der Waals surface area contributed by atoms with E-state index in [1.54, 1.807) is 6.20 Å². The number of thiazole rings is 1. The molecule has 3 radical (unpaired) electrons. The zero-order chi connectivity index (χ0) is 12.3. The van der Waals surface area contributed by atoms with Gasteiger partial charge in [0.15, 0.2) is 0 Å². The summed E-state index contributed by atoms with van der Waals surface area (Å²) in [5.74, 6) is -0.108. The zero-order valence-electron chi connectivity index (χ0n) is 10.1. The average molecular weight is 334 g/mol. The minimum Gasteiger partial charge on any atom is -0.393 e. The molecule has 0 saturated heterocycles. The van der Waals surface area contributed by atoms with Crippen molar-refractivity contribution in [3.63, 3.8) is 0 Å². The summed E-state index contributed by atoms with van der Waals surface area (Å²) in [7, 11) is 5.94. The molecular weight excluding hydrogens is 320 g/mol. The Bertz CT molecular complexity index is 395. The molecule has 18 heavy (non-hydrogen) atoms. The van der Waals surface area contributed by atoms with Crippen LogP contribution in [0.4, 0.5) is 0 Å². The van der Waals surface area contributed by atoms with E-state index >= 15 is 0 Å². The molecule has 1 N–H and O–H groups in total. The maximum atomic E-state index is 9.67. The Balaban J connectivity index is 0.00000162. The zero-order valence-corrected chi connectivity index (χ0v) is 13.8. The van der Waals surface area contributed by atoms with E-state index in [1.165, 1.54) is 11.3 Å². The Labute approximate surface area is 139 Å². The van der Waals surface area contributed by atoms with Crippen LogP contribution in [0.5, 0.6) is 0 Å². The van der Waals surface area contributed by atoms with Gasteiger partial charge in [0, 0.05) is 45.0 Å². The van der Waals surface area contributed by atoms with Crippen molar-refractivity contribution in [2.45, 2.75) is 43.6 Å². The van der Waals surface area contributed by atoms with Gasteiger partial charge >= 0.3 is 0 Å². The number of aryl methyl sites for hydroxylation is 1. The Kier molecular flexibility index (Phi) is 7.02. The summed E-state index contributed by atoms with van der Waals surface area (Å²) in [6, 6.07) is -0.108. The quantitative estimate of drug-likeness (QED) is 0.675. The molecule has 1 heterocycles. The third-order valence-electron chi connectivity index (χ3n) is 3.45. The monoisotopic (exact) mass is 334 g/mol. The first-order valence-electron chi connectivity index (χ1n) is 5.83. The molecule has 1 aromatic heterocycles. The standard InChI is InChI=1S/C12H14BN2OS.Y/c1-14-9-7-10(16)12(13)8(9)3-2-4-11-15-5-6-17-11;/h5,8-10,12,16H,2-4,7H2;/q-1;. The molecule has 91 valence electrons. The Hall–Kier alpha value is 0.249. The molecule has 0 amide bonds. The van der Waals surface area contributed by atoms with Crippen LogP contribution in [0.1, 0.15) is 24.3 Å². The molecule has 0 spiro atoms. The van der Waals surface area contributed by atoms with Gasteiger partial charge in [0.2, 0.25) is 6.04 Å². The SMILES string of the molecule is [B]C1C(O)CC([N+]#[C-])C1CCCc1nc[c-]s1.[Y]. The fraction of sp³-hybridized carbons (Fsp3) is 0.667. The summed E-state index contributed by atoms with van der Waals surface area (Å²) in [5, 5.41) is 13.7. The van der Waals surface area contributed by atoms with Crippen molar-refractivity contribution in [3.05, 3.63) is 28.0 Å². The van der Waals surface area contributed by atoms with Crippen LogP contribution in [0.25, 0.3) is 4.85 Å². The predicted molar refractivity (Wildman–Crippen MR) is 67.9 cm³/mol. The van der Waals surface area contributed by atoms with Gasteiger partial charge in [0.05, 0.1) is 14.0 Å². The summed E-state index contributed by atoms with van der Waals surface area (Å²) in [4.78, 5) is 7.75. The predicted octanol–water partition coefficient (Wildman–Crippen LogP) is 1.89. The topological polar surface area (TPSA) is 37.5 Å². The molecule has 0 aromatic carbocycles. The average Bonchev–Trinajstić information content (AvgIpc) is 2.92. The minimum atomic E-state index is -0.507. The number of aliphatic hydroxyl groups excluding tert-OH is 1. The van der Waals surface area contributed by atoms with Gasteiger partial charge in [-0.05, 0) is 12.2 Å². The fourth-order valence-corrected chi connectivity index (χ4v) is 3.07. The van der Waals surface area contributed by atoms with Crippen molar-refractivity contribution in [1.29, 1.82) is 0 Å². The Morgan fingerprint density at radius 1 is 1.67 bits per heavy atom. The largest absolute Gasteiger partial charge is 0.393 e. The van der Waals surface area contributed by atoms with Crippen LogP contribution in [0.2, 0.25) is 5.82 Å². The molecular formula is C12H14BN2OSY-. The first kappa shape index (κ1) is 16.3. The van der Waals surface area contributed by atoms with Crippen molar-refractivity contribution in [2.75, 3.05) is 0 Å². The van der Waals surface area contributed by atoms with Gasteiger partial charge in [-0.3, -0.25) is 0 Å². The van der Waals surface area contributed by atoms with Crippen molar-refractivity contribution in [3.8, 4) is 0 Å². The second kappa shape index (κ2) is 7.75. The number of rotatable bonds is 4. The van der Waals surface area contributed by atoms with Crippen LogP contribution in [-0.4, -0.2) is 30.1 Å². The van der Waals surface area contributed by atoms with Gasteiger partial charge in [0.25, 0.3) is 0 Å². The molecule has 4 unspecified atom stereocenters. The van der Waals surface area contributed by atoms with Crippen molar-refractivity contribution >= 4 is 19.2 Å². The molecule has 1 aromatic rings. The van der Waals surface area contributed by atoms with E-state index in [1.807, 2.05) is 0 Å². The normalized spacial score (nSPS) is 30.7. The van der Waals surface area contributed by atoms with Crippen molar-refractivity contribution in [1.82, 2.24) is 4.98 Å². The maximum Gasteiger partial charge on any atom is 0.228 e. The molecule has 0 bridgehead atoms. The van der Waals surface area contributed by atoms with Crippen molar-refractivity contribution in [2.24, 2.45) is 5.92 Å². The summed E-state index contributed by atoms with van der Waals surface area (Å²) in [6.45, 7) is 7.13. The maximum absolute atomic E-state index is 9.67. The fourth-order valence-electron chi connectivity index (χ4n) is 2.48. The van der Waals surface area contributed by atoms with Gasteiger partial charge < -0.3 is 26.3 Å². The van der Waals surface area contributed by atoms with E-state index in [0.717, 1.165) is 24.3 Å². The molecule has 1 aliphatic rings. The molecule has 0 aliphatic heterocycles. The van der Waals surface area contributed by atoms with Crippen LogP contribution in [0, 0.1) is 17.9 Å². The van der Waals surface area contributed by atoms with E-state index in [0.29, 0.717) is 6.42 Å². The van der Waals surface area contributed by atoms with Gasteiger partial charge in [-0.1, -0.05) is 24.0 Å². The molecule has 1 aliphatic carbocycles. The molecule has 1 saturated carbocycles. The van der Waals surface area contributed by atoms with Crippen LogP contribution in [0.3, 0.4) is 0 Å². The van der Waals surface area contributed by atoms with Crippen LogP contribution < -0.4 is 0 Å². The molecule has 2 rings (SSSR count). The second-order valence-corrected chi connectivity index (χ2v) is 5.42. The van der Waals surface area contributed by atoms with Gasteiger partial charge in [-0.2, -0.15) is 5.38 Å². The van der Waals surface area contributed by atoms with Crippen LogP contribution >= 0.6 is 11.3 Å². The number of aliphatic hydroxyl groups is 1. The molecule has 1 fully saturated rings. The number of hydrogen-bond acceptors (Lipinski definition) is 3. The summed E-state index contributed by atoms with van der Waals surface area (Å²) >= 11 is 1.54. The minimum absolute atomic E-state index is 0. The van der Waals surface area contributed by atoms with Gasteiger partial charge in [0.1, 0.15) is 0 Å². The van der Waals surface area contributed by atoms with Crippen LogP contribution in [0.15, 0.2) is 6.20 Å². The van der Waals surface area contributed by atoms with E-state index in [9.17, 15) is 5.11 Å². The summed E-state index contributed by atoms with van der Waals surface area (Å²) < 4.78 is 0. The Morgan fingerprint density at radius 3 is 3.06 bits per heavy atom. The first-order valence-corrected chi connectivity index (χ1v) is 6.65. The van der Waals surface area contributed by atoms with Gasteiger partial charge in [-0.25, -0.2) is 6.57 Å². The first-order chi connectivity index (χ1) is 8.22. The third kappa shape index (κ3) is 3.87. The molecule has 6 heteroatoms. The summed E-state index contributed by atoms with van der Waals surface area (Å²) in [5.41, 5.74) is 0. The van der Waals surface area contributed by atoms with Crippen LogP contribution in [-0.2, 0) is 39.1 Å². The summed E-state index contributed by atoms with van der Waals surface area (Å²) in [6.07, 6.45) is 4.49. The van der Waals surface area contributed by atoms with Gasteiger partial charge in [-0.15, -0.1) is 0 Å². The van der Waals surface area contributed by atoms with Crippen molar-refractivity contribution < 1.29 is 37.8 Å². The third-order valence-corrected chi connectivity index (χ3v) is 4.22. The molecule has 4 atom stereocenters. The number of hydrogen-bond donors (Lipinski definition) is 1. The van der Waals surface area contributed by atoms with E-state index in [2.05, 4.69) is 15.2 Å².